The van der Waals surface area contributed by atoms with E-state index >= 15 is 0 Å². The van der Waals surface area contributed by atoms with Crippen molar-refractivity contribution in [3.8, 4) is 5.75 Å². The summed E-state index contributed by atoms with van der Waals surface area (Å²) in [5, 5.41) is 0.598. The van der Waals surface area contributed by atoms with Crippen LogP contribution < -0.4 is 10.5 Å². The van der Waals surface area contributed by atoms with Gasteiger partial charge in [0.05, 0.1) is 12.1 Å². The number of hydrogen-bond donors (Lipinski definition) is 1. The van der Waals surface area contributed by atoms with Crippen LogP contribution in [0.15, 0.2) is 41.3 Å². The highest BCUT2D eigenvalue weighted by molar-refractivity contribution is 7.98. The molecule has 0 amide bonds. The second-order valence-electron chi connectivity index (χ2n) is 3.90. The molecule has 0 unspecified atom stereocenters. The number of hydrogen-bond acceptors (Lipinski definition) is 3. The zero-order chi connectivity index (χ0) is 13.8. The van der Waals surface area contributed by atoms with Crippen LogP contribution in [0.4, 0.5) is 10.1 Å². The molecule has 0 spiro atoms. The zero-order valence-corrected chi connectivity index (χ0v) is 11.9. The third-order valence-electron chi connectivity index (χ3n) is 2.61. The molecule has 0 aliphatic heterocycles. The molecule has 2 rings (SSSR count). The number of methoxy groups -OCH3 is 1. The van der Waals surface area contributed by atoms with Crippen molar-refractivity contribution >= 4 is 29.1 Å². The molecule has 0 aliphatic carbocycles. The van der Waals surface area contributed by atoms with E-state index in [1.54, 1.807) is 31.4 Å². The van der Waals surface area contributed by atoms with E-state index in [-0.39, 0.29) is 5.82 Å². The smallest absolute Gasteiger partial charge is 0.123 e. The predicted molar refractivity (Wildman–Crippen MR) is 78.4 cm³/mol. The van der Waals surface area contributed by atoms with Gasteiger partial charge in [0, 0.05) is 21.9 Å². The molecule has 0 aromatic heterocycles. The summed E-state index contributed by atoms with van der Waals surface area (Å²) in [5.41, 5.74) is 7.26. The maximum atomic E-state index is 13.3. The Balaban J connectivity index is 2.21. The number of ether oxygens (including phenoxy) is 1. The average Bonchev–Trinajstić information content (AvgIpc) is 2.38. The Morgan fingerprint density at radius 2 is 2.11 bits per heavy atom. The Labute approximate surface area is 120 Å². The summed E-state index contributed by atoms with van der Waals surface area (Å²) in [4.78, 5) is 0.801. The highest BCUT2D eigenvalue weighted by atomic mass is 35.5. The molecule has 100 valence electrons. The van der Waals surface area contributed by atoms with Crippen molar-refractivity contribution in [2.24, 2.45) is 0 Å². The Kier molecular flexibility index (Phi) is 4.56. The van der Waals surface area contributed by atoms with Crippen LogP contribution in [0.3, 0.4) is 0 Å². The summed E-state index contributed by atoms with van der Waals surface area (Å²) in [6.45, 7) is 0. The van der Waals surface area contributed by atoms with Gasteiger partial charge in [-0.15, -0.1) is 11.8 Å². The lowest BCUT2D eigenvalue weighted by Gasteiger charge is -2.10. The van der Waals surface area contributed by atoms with Gasteiger partial charge in [-0.1, -0.05) is 17.7 Å². The Morgan fingerprint density at radius 1 is 1.32 bits per heavy atom. The Morgan fingerprint density at radius 3 is 2.79 bits per heavy atom. The minimum absolute atomic E-state index is 0.288. The fourth-order valence-corrected chi connectivity index (χ4v) is 3.00. The van der Waals surface area contributed by atoms with E-state index in [4.69, 9.17) is 22.1 Å². The molecule has 0 aliphatic rings. The molecule has 0 saturated carbocycles. The summed E-state index contributed by atoms with van der Waals surface area (Å²) in [6.07, 6.45) is 0. The van der Waals surface area contributed by atoms with Gasteiger partial charge < -0.3 is 10.5 Å². The molecule has 0 fully saturated rings. The van der Waals surface area contributed by atoms with Gasteiger partial charge in [-0.25, -0.2) is 4.39 Å². The molecule has 5 heteroatoms. The van der Waals surface area contributed by atoms with Crippen LogP contribution in [0.5, 0.6) is 5.75 Å². The second kappa shape index (κ2) is 6.17. The number of halogens is 2. The van der Waals surface area contributed by atoms with Gasteiger partial charge >= 0.3 is 0 Å². The van der Waals surface area contributed by atoms with Crippen molar-refractivity contribution < 1.29 is 9.13 Å². The number of nitrogen functional groups attached to an aromatic ring is 1. The molecular formula is C14H13ClFNOS. The van der Waals surface area contributed by atoms with Crippen molar-refractivity contribution in [2.75, 3.05) is 12.8 Å². The number of benzene rings is 2. The first-order chi connectivity index (χ1) is 9.11. The molecule has 19 heavy (non-hydrogen) atoms. The number of nitrogens with two attached hydrogens (primary N) is 1. The topological polar surface area (TPSA) is 35.2 Å². The van der Waals surface area contributed by atoms with Crippen molar-refractivity contribution in [1.82, 2.24) is 0 Å². The van der Waals surface area contributed by atoms with E-state index in [2.05, 4.69) is 0 Å². The molecule has 0 saturated heterocycles. The first-order valence-electron chi connectivity index (χ1n) is 5.61. The minimum Gasteiger partial charge on any atom is -0.496 e. The second-order valence-corrected chi connectivity index (χ2v) is 5.30. The van der Waals surface area contributed by atoms with Crippen molar-refractivity contribution in [3.05, 3.63) is 52.8 Å². The lowest BCUT2D eigenvalue weighted by Crippen LogP contribution is -1.93. The van der Waals surface area contributed by atoms with Crippen LogP contribution in [-0.4, -0.2) is 7.11 Å². The highest BCUT2D eigenvalue weighted by Gasteiger charge is 2.09. The Hall–Kier alpha value is -1.39. The van der Waals surface area contributed by atoms with Crippen LogP contribution >= 0.6 is 23.4 Å². The predicted octanol–water partition coefficient (Wildman–Crippen LogP) is 4.36. The Bertz CT molecular complexity index is 571. The SMILES string of the molecule is COc1ccc(F)cc1CSc1c(N)cccc1Cl. The largest absolute Gasteiger partial charge is 0.496 e. The summed E-state index contributed by atoms with van der Waals surface area (Å²) in [7, 11) is 1.56. The van der Waals surface area contributed by atoms with Gasteiger partial charge in [0.25, 0.3) is 0 Å². The molecular weight excluding hydrogens is 285 g/mol. The lowest BCUT2D eigenvalue weighted by atomic mass is 10.2. The standard InChI is InChI=1S/C14H13ClFNOS/c1-18-13-6-5-10(16)7-9(13)8-19-14-11(15)3-2-4-12(14)17/h2-7H,8,17H2,1H3. The maximum Gasteiger partial charge on any atom is 0.123 e. The van der Waals surface area contributed by atoms with Crippen molar-refractivity contribution in [2.45, 2.75) is 10.6 Å². The molecule has 2 N–H and O–H groups in total. The lowest BCUT2D eigenvalue weighted by molar-refractivity contribution is 0.410. The van der Waals surface area contributed by atoms with Gasteiger partial charge in [-0.2, -0.15) is 0 Å². The molecule has 0 bridgehead atoms. The van der Waals surface area contributed by atoms with Gasteiger partial charge in [0.15, 0.2) is 0 Å². The monoisotopic (exact) mass is 297 g/mol. The van der Waals surface area contributed by atoms with E-state index in [1.165, 1.54) is 23.9 Å². The summed E-state index contributed by atoms with van der Waals surface area (Å²) in [5.74, 6) is 0.901. The molecule has 2 aromatic rings. The highest BCUT2D eigenvalue weighted by Crippen LogP contribution is 2.36. The fourth-order valence-electron chi connectivity index (χ4n) is 1.69. The van der Waals surface area contributed by atoms with Crippen molar-refractivity contribution in [3.63, 3.8) is 0 Å². The summed E-state index contributed by atoms with van der Waals surface area (Å²) in [6, 6.07) is 9.81. The molecule has 2 nitrogen and oxygen atoms in total. The normalized spacial score (nSPS) is 10.5. The number of thioether (sulfide) groups is 1. The van der Waals surface area contributed by atoms with Gasteiger partial charge in [0.1, 0.15) is 11.6 Å². The first kappa shape index (κ1) is 14.0. The van der Waals surface area contributed by atoms with Crippen LogP contribution in [-0.2, 0) is 5.75 Å². The first-order valence-corrected chi connectivity index (χ1v) is 6.97. The van der Waals surface area contributed by atoms with Crippen LogP contribution in [0.2, 0.25) is 5.02 Å². The third kappa shape index (κ3) is 3.33. The zero-order valence-electron chi connectivity index (χ0n) is 10.3. The van der Waals surface area contributed by atoms with E-state index in [0.717, 1.165) is 10.5 Å². The molecule has 0 atom stereocenters. The average molecular weight is 298 g/mol. The molecule has 0 heterocycles. The summed E-state index contributed by atoms with van der Waals surface area (Å²) >= 11 is 7.56. The van der Waals surface area contributed by atoms with Gasteiger partial charge in [0.2, 0.25) is 0 Å². The fraction of sp³-hybridized carbons (Fsp3) is 0.143. The number of rotatable bonds is 4. The van der Waals surface area contributed by atoms with Crippen LogP contribution in [0.25, 0.3) is 0 Å². The van der Waals surface area contributed by atoms with Crippen LogP contribution in [0.1, 0.15) is 5.56 Å². The van der Waals surface area contributed by atoms with Gasteiger partial charge in [-0.05, 0) is 30.3 Å². The van der Waals surface area contributed by atoms with Crippen molar-refractivity contribution in [1.29, 1.82) is 0 Å². The third-order valence-corrected chi connectivity index (χ3v) is 4.24. The van der Waals surface area contributed by atoms with Crippen LogP contribution in [0, 0.1) is 5.82 Å². The maximum absolute atomic E-state index is 13.3. The quantitative estimate of drug-likeness (QED) is 0.672. The van der Waals surface area contributed by atoms with E-state index in [9.17, 15) is 4.39 Å². The van der Waals surface area contributed by atoms with E-state index in [0.29, 0.717) is 22.2 Å². The number of anilines is 1. The molecule has 0 radical (unpaired) electrons. The van der Waals surface area contributed by atoms with E-state index in [1.807, 2.05) is 0 Å². The molecule has 2 aromatic carbocycles. The minimum atomic E-state index is -0.288. The summed E-state index contributed by atoms with van der Waals surface area (Å²) < 4.78 is 18.5. The van der Waals surface area contributed by atoms with E-state index < -0.39 is 0 Å². The van der Waals surface area contributed by atoms with Gasteiger partial charge in [-0.3, -0.25) is 0 Å².